The molecule has 1 atom stereocenters. The molecule has 0 saturated carbocycles. The maximum absolute atomic E-state index is 11.6. The average Bonchev–Trinajstić information content (AvgIpc) is 2.14. The lowest BCUT2D eigenvalue weighted by Crippen LogP contribution is -2.27. The minimum absolute atomic E-state index is 0.0510. The van der Waals surface area contributed by atoms with E-state index in [-0.39, 0.29) is 11.8 Å². The van der Waals surface area contributed by atoms with Gasteiger partial charge >= 0.3 is 0 Å². The van der Waals surface area contributed by atoms with E-state index in [9.17, 15) is 4.79 Å². The van der Waals surface area contributed by atoms with Crippen LogP contribution in [0.4, 0.5) is 0 Å². The van der Waals surface area contributed by atoms with E-state index in [4.69, 9.17) is 5.73 Å². The van der Waals surface area contributed by atoms with E-state index >= 15 is 0 Å². The Kier molecular flexibility index (Phi) is 4.99. The predicted octanol–water partition coefficient (Wildman–Crippen LogP) is 1.87. The van der Waals surface area contributed by atoms with Crippen LogP contribution in [-0.4, -0.2) is 17.9 Å². The molecule has 0 aromatic heterocycles. The van der Waals surface area contributed by atoms with Gasteiger partial charge in [0, 0.05) is 24.9 Å². The number of nitrogens with two attached hydrogens (primary N) is 1. The van der Waals surface area contributed by atoms with Gasteiger partial charge in [-0.05, 0) is 18.9 Å². The van der Waals surface area contributed by atoms with Gasteiger partial charge in [0.2, 0.25) is 5.91 Å². The van der Waals surface area contributed by atoms with Gasteiger partial charge in [0.15, 0.2) is 0 Å². The largest absolute Gasteiger partial charge is 0.399 e. The first-order valence-corrected chi connectivity index (χ1v) is 4.80. The molecule has 0 spiro atoms. The fraction of sp³-hybridized carbons (Fsp3) is 0.545. The van der Waals surface area contributed by atoms with Crippen molar-refractivity contribution in [1.29, 1.82) is 0 Å². The molecule has 0 aromatic rings. The van der Waals surface area contributed by atoms with Crippen molar-refractivity contribution in [3.05, 3.63) is 24.0 Å². The second-order valence-electron chi connectivity index (χ2n) is 3.60. The Bertz CT molecular complexity index is 256. The van der Waals surface area contributed by atoms with Crippen molar-refractivity contribution in [3.63, 3.8) is 0 Å². The molecular weight excluding hydrogens is 176 g/mol. The zero-order valence-corrected chi connectivity index (χ0v) is 9.50. The molecule has 3 heteroatoms. The van der Waals surface area contributed by atoms with E-state index < -0.39 is 0 Å². The van der Waals surface area contributed by atoms with Crippen LogP contribution in [0.5, 0.6) is 0 Å². The van der Waals surface area contributed by atoms with Crippen LogP contribution in [-0.2, 0) is 4.79 Å². The second-order valence-corrected chi connectivity index (χ2v) is 3.60. The zero-order valence-electron chi connectivity index (χ0n) is 9.50. The molecule has 0 bridgehead atoms. The molecule has 0 fully saturated rings. The topological polar surface area (TPSA) is 46.3 Å². The number of hydrogen-bond acceptors (Lipinski definition) is 2. The van der Waals surface area contributed by atoms with Gasteiger partial charge in [-0.15, -0.1) is 0 Å². The van der Waals surface area contributed by atoms with Gasteiger partial charge in [-0.1, -0.05) is 20.4 Å². The van der Waals surface area contributed by atoms with E-state index in [0.29, 0.717) is 5.70 Å². The van der Waals surface area contributed by atoms with Crippen molar-refractivity contribution < 1.29 is 4.79 Å². The van der Waals surface area contributed by atoms with Crippen LogP contribution in [0.2, 0.25) is 0 Å². The van der Waals surface area contributed by atoms with Crippen LogP contribution in [0.15, 0.2) is 24.0 Å². The third-order valence-corrected chi connectivity index (χ3v) is 2.28. The summed E-state index contributed by atoms with van der Waals surface area (Å²) in [5.74, 6) is 0.156. The summed E-state index contributed by atoms with van der Waals surface area (Å²) in [5, 5.41) is 0. The maximum atomic E-state index is 11.6. The Morgan fingerprint density at radius 3 is 2.50 bits per heavy atom. The lowest BCUT2D eigenvalue weighted by molar-refractivity contribution is -0.131. The third kappa shape index (κ3) is 3.64. The zero-order chi connectivity index (χ0) is 11.3. The highest BCUT2D eigenvalue weighted by molar-refractivity contribution is 5.79. The lowest BCUT2D eigenvalue weighted by atomic mass is 10.1. The molecule has 0 rings (SSSR count). The highest BCUT2D eigenvalue weighted by Crippen LogP contribution is 2.08. The van der Waals surface area contributed by atoms with Gasteiger partial charge in [0.25, 0.3) is 0 Å². The Hall–Kier alpha value is -1.25. The summed E-state index contributed by atoms with van der Waals surface area (Å²) in [6.07, 6.45) is 2.57. The van der Waals surface area contributed by atoms with Crippen LogP contribution >= 0.6 is 0 Å². The Morgan fingerprint density at radius 2 is 2.14 bits per heavy atom. The van der Waals surface area contributed by atoms with Crippen molar-refractivity contribution in [2.24, 2.45) is 11.7 Å². The first-order chi connectivity index (χ1) is 6.40. The number of nitrogens with zero attached hydrogens (tertiary/aromatic N) is 1. The van der Waals surface area contributed by atoms with Gasteiger partial charge in [0.05, 0.1) is 0 Å². The first-order valence-electron chi connectivity index (χ1n) is 4.80. The fourth-order valence-electron chi connectivity index (χ4n) is 0.959. The summed E-state index contributed by atoms with van der Waals surface area (Å²) >= 11 is 0. The number of carbonyl (C=O) groups is 1. The number of carbonyl (C=O) groups excluding carboxylic acids is 1. The molecule has 0 heterocycles. The molecule has 0 aliphatic heterocycles. The quantitative estimate of drug-likeness (QED) is 0.698. The smallest absolute Gasteiger partial charge is 0.229 e. The van der Waals surface area contributed by atoms with Gasteiger partial charge in [-0.3, -0.25) is 4.79 Å². The summed E-state index contributed by atoms with van der Waals surface area (Å²) in [6, 6.07) is 0. The fourth-order valence-corrected chi connectivity index (χ4v) is 0.959. The molecule has 0 aromatic carbocycles. The highest BCUT2D eigenvalue weighted by Gasteiger charge is 2.13. The summed E-state index contributed by atoms with van der Waals surface area (Å²) in [7, 11) is 1.74. The van der Waals surface area contributed by atoms with Crippen LogP contribution in [0.25, 0.3) is 0 Å². The predicted molar refractivity (Wildman–Crippen MR) is 59.3 cm³/mol. The summed E-state index contributed by atoms with van der Waals surface area (Å²) in [5.41, 5.74) is 6.81. The molecule has 3 nitrogen and oxygen atoms in total. The van der Waals surface area contributed by atoms with Crippen LogP contribution < -0.4 is 5.73 Å². The van der Waals surface area contributed by atoms with Gasteiger partial charge in [-0.2, -0.15) is 0 Å². The van der Waals surface area contributed by atoms with Crippen molar-refractivity contribution in [1.82, 2.24) is 4.90 Å². The molecule has 80 valence electrons. The van der Waals surface area contributed by atoms with Gasteiger partial charge in [-0.25, -0.2) is 0 Å². The number of allylic oxidation sites excluding steroid dienone is 1. The maximum Gasteiger partial charge on any atom is 0.229 e. The molecule has 0 aliphatic carbocycles. The molecular formula is C11H20N2O. The molecule has 0 saturated heterocycles. The molecule has 2 N–H and O–H groups in total. The Labute approximate surface area is 86.3 Å². The van der Waals surface area contributed by atoms with E-state index in [0.717, 1.165) is 12.0 Å². The summed E-state index contributed by atoms with van der Waals surface area (Å²) < 4.78 is 0. The monoisotopic (exact) mass is 196 g/mol. The minimum atomic E-state index is 0.0510. The van der Waals surface area contributed by atoms with E-state index in [1.54, 1.807) is 18.1 Å². The standard InChI is InChI=1S/C11H20N2O/c1-6-8(2)11(14)13(5)7-9(3)10(4)12/h7-8H,4,6,12H2,1-3,5H3/b9-7-. The van der Waals surface area contributed by atoms with Crippen LogP contribution in [0.3, 0.4) is 0 Å². The van der Waals surface area contributed by atoms with Crippen molar-refractivity contribution in [2.75, 3.05) is 7.05 Å². The number of hydrogen-bond donors (Lipinski definition) is 1. The first kappa shape index (κ1) is 12.8. The van der Waals surface area contributed by atoms with Crippen molar-refractivity contribution >= 4 is 5.91 Å². The minimum Gasteiger partial charge on any atom is -0.399 e. The van der Waals surface area contributed by atoms with Crippen molar-refractivity contribution in [3.8, 4) is 0 Å². The average molecular weight is 196 g/mol. The SMILES string of the molecule is C=C(N)/C(C)=C\N(C)C(=O)C(C)CC. The summed E-state index contributed by atoms with van der Waals surface area (Å²) in [4.78, 5) is 13.2. The van der Waals surface area contributed by atoms with E-state index in [2.05, 4.69) is 6.58 Å². The van der Waals surface area contributed by atoms with Crippen LogP contribution in [0.1, 0.15) is 27.2 Å². The van der Waals surface area contributed by atoms with Gasteiger partial charge in [0.1, 0.15) is 0 Å². The Morgan fingerprint density at radius 1 is 1.64 bits per heavy atom. The van der Waals surface area contributed by atoms with Gasteiger partial charge < -0.3 is 10.6 Å². The lowest BCUT2D eigenvalue weighted by Gasteiger charge is -2.17. The second kappa shape index (κ2) is 5.47. The van der Waals surface area contributed by atoms with E-state index in [1.807, 2.05) is 20.8 Å². The number of rotatable bonds is 4. The highest BCUT2D eigenvalue weighted by atomic mass is 16.2. The summed E-state index contributed by atoms with van der Waals surface area (Å²) in [6.45, 7) is 9.35. The molecule has 0 aliphatic rings. The number of amides is 1. The molecule has 1 amide bonds. The molecule has 14 heavy (non-hydrogen) atoms. The molecule has 1 unspecified atom stereocenters. The normalized spacial score (nSPS) is 13.6. The third-order valence-electron chi connectivity index (χ3n) is 2.28. The molecule has 0 radical (unpaired) electrons. The van der Waals surface area contributed by atoms with E-state index in [1.165, 1.54) is 0 Å². The Balaban J connectivity index is 4.49. The van der Waals surface area contributed by atoms with Crippen LogP contribution in [0, 0.1) is 5.92 Å². The van der Waals surface area contributed by atoms with Crippen molar-refractivity contribution in [2.45, 2.75) is 27.2 Å².